The predicted octanol–water partition coefficient (Wildman–Crippen LogP) is 2.98. The summed E-state index contributed by atoms with van der Waals surface area (Å²) >= 11 is 6.71. The Hall–Kier alpha value is -2.09. The molecule has 4 heterocycles. The second kappa shape index (κ2) is 6.51. The average molecular weight is 387 g/mol. The first kappa shape index (κ1) is 17.0. The molecule has 1 saturated heterocycles. The van der Waals surface area contributed by atoms with Crippen molar-refractivity contribution in [3.8, 4) is 11.4 Å². The molecule has 5 rings (SSSR count). The number of halogens is 2. The molecule has 3 aromatic rings. The third kappa shape index (κ3) is 2.90. The van der Waals surface area contributed by atoms with Crippen LogP contribution in [0.25, 0.3) is 22.6 Å². The standard InChI is InChI=1S/C19H20ClFN6/c1-10-2-3-15-19(24-10)27(18(25-15)11-4-5-22-16(21)7-11)13-6-12-9-23-26-17(12)14(20)8-13/h2-5,7,12-14,17,23,26H,6,8-9H2,1H3. The van der Waals surface area contributed by atoms with E-state index in [9.17, 15) is 4.39 Å². The van der Waals surface area contributed by atoms with E-state index in [1.54, 1.807) is 6.07 Å². The van der Waals surface area contributed by atoms with Crippen molar-refractivity contribution >= 4 is 22.8 Å². The monoisotopic (exact) mass is 386 g/mol. The minimum Gasteiger partial charge on any atom is -0.305 e. The molecule has 3 aromatic heterocycles. The largest absolute Gasteiger partial charge is 0.305 e. The molecule has 1 aliphatic carbocycles. The molecular weight excluding hydrogens is 367 g/mol. The minimum atomic E-state index is -0.515. The van der Waals surface area contributed by atoms with Crippen LogP contribution in [0.15, 0.2) is 30.5 Å². The van der Waals surface area contributed by atoms with E-state index < -0.39 is 5.95 Å². The van der Waals surface area contributed by atoms with Crippen LogP contribution in [0.4, 0.5) is 4.39 Å². The van der Waals surface area contributed by atoms with Crippen LogP contribution in [0.5, 0.6) is 0 Å². The Morgan fingerprint density at radius 3 is 2.96 bits per heavy atom. The summed E-state index contributed by atoms with van der Waals surface area (Å²) in [7, 11) is 0. The fourth-order valence-electron chi connectivity index (χ4n) is 4.39. The van der Waals surface area contributed by atoms with Crippen molar-refractivity contribution in [1.82, 2.24) is 30.4 Å². The Balaban J connectivity index is 1.67. The lowest BCUT2D eigenvalue weighted by atomic mass is 9.82. The van der Waals surface area contributed by atoms with E-state index in [2.05, 4.69) is 20.4 Å². The van der Waals surface area contributed by atoms with E-state index in [-0.39, 0.29) is 17.5 Å². The lowest BCUT2D eigenvalue weighted by molar-refractivity contribution is 0.262. The summed E-state index contributed by atoms with van der Waals surface area (Å²) in [5.74, 6) is 0.643. The summed E-state index contributed by atoms with van der Waals surface area (Å²) in [4.78, 5) is 13.2. The third-order valence-electron chi connectivity index (χ3n) is 5.63. The van der Waals surface area contributed by atoms with Crippen LogP contribution < -0.4 is 10.9 Å². The molecule has 2 N–H and O–H groups in total. The molecule has 1 saturated carbocycles. The van der Waals surface area contributed by atoms with Gasteiger partial charge < -0.3 is 4.57 Å². The van der Waals surface area contributed by atoms with Crippen molar-refractivity contribution in [3.05, 3.63) is 42.1 Å². The van der Waals surface area contributed by atoms with Crippen molar-refractivity contribution in [2.24, 2.45) is 5.92 Å². The SMILES string of the molecule is Cc1ccc2nc(-c3ccnc(F)c3)n(C3CC(Cl)C4NNCC4C3)c2n1. The molecule has 0 bridgehead atoms. The summed E-state index contributed by atoms with van der Waals surface area (Å²) in [6.07, 6.45) is 3.24. The predicted molar refractivity (Wildman–Crippen MR) is 102 cm³/mol. The van der Waals surface area contributed by atoms with Crippen LogP contribution in [-0.4, -0.2) is 37.5 Å². The van der Waals surface area contributed by atoms with Gasteiger partial charge in [0.05, 0.1) is 5.38 Å². The van der Waals surface area contributed by atoms with Gasteiger partial charge in [-0.1, -0.05) is 0 Å². The fraction of sp³-hybridized carbons (Fsp3) is 0.421. The number of fused-ring (bicyclic) bond motifs is 2. The van der Waals surface area contributed by atoms with E-state index in [4.69, 9.17) is 21.6 Å². The second-order valence-electron chi connectivity index (χ2n) is 7.42. The highest BCUT2D eigenvalue weighted by atomic mass is 35.5. The number of nitrogens with zero attached hydrogens (tertiary/aromatic N) is 4. The van der Waals surface area contributed by atoms with E-state index in [0.717, 1.165) is 42.1 Å². The first-order valence-electron chi connectivity index (χ1n) is 9.20. The van der Waals surface area contributed by atoms with Gasteiger partial charge in [0.25, 0.3) is 0 Å². The number of nitrogens with one attached hydrogen (secondary N) is 2. The van der Waals surface area contributed by atoms with Crippen LogP contribution in [-0.2, 0) is 0 Å². The number of pyridine rings is 2. The lowest BCUT2D eigenvalue weighted by Gasteiger charge is -2.36. The molecular formula is C19H20ClFN6. The van der Waals surface area contributed by atoms with E-state index >= 15 is 0 Å². The number of hydrogen-bond donors (Lipinski definition) is 2. The highest BCUT2D eigenvalue weighted by Crippen LogP contribution is 2.40. The fourth-order valence-corrected chi connectivity index (χ4v) is 4.87. The van der Waals surface area contributed by atoms with Gasteiger partial charge >= 0.3 is 0 Å². The van der Waals surface area contributed by atoms with Crippen LogP contribution in [0, 0.1) is 18.8 Å². The summed E-state index contributed by atoms with van der Waals surface area (Å²) in [5, 5.41) is 0.00744. The Morgan fingerprint density at radius 1 is 1.22 bits per heavy atom. The molecule has 4 atom stereocenters. The van der Waals surface area contributed by atoms with Gasteiger partial charge in [-0.2, -0.15) is 4.39 Å². The number of rotatable bonds is 2. The topological polar surface area (TPSA) is 67.7 Å². The van der Waals surface area contributed by atoms with E-state index in [0.29, 0.717) is 11.5 Å². The van der Waals surface area contributed by atoms with Crippen molar-refractivity contribution in [2.75, 3.05) is 6.54 Å². The van der Waals surface area contributed by atoms with Crippen LogP contribution in [0.2, 0.25) is 0 Å². The minimum absolute atomic E-state index is 0.00744. The number of alkyl halides is 1. The molecule has 6 nitrogen and oxygen atoms in total. The highest BCUT2D eigenvalue weighted by molar-refractivity contribution is 6.21. The van der Waals surface area contributed by atoms with E-state index in [1.165, 1.54) is 12.3 Å². The molecule has 8 heteroatoms. The normalized spacial score (nSPS) is 27.8. The van der Waals surface area contributed by atoms with Crippen molar-refractivity contribution in [2.45, 2.75) is 37.2 Å². The Morgan fingerprint density at radius 2 is 2.11 bits per heavy atom. The third-order valence-corrected chi connectivity index (χ3v) is 6.08. The molecule has 27 heavy (non-hydrogen) atoms. The number of aromatic nitrogens is 4. The van der Waals surface area contributed by atoms with Crippen LogP contribution >= 0.6 is 11.6 Å². The Bertz CT molecular complexity index is 1010. The van der Waals surface area contributed by atoms with Gasteiger partial charge in [-0.15, -0.1) is 11.6 Å². The van der Waals surface area contributed by atoms with E-state index in [1.807, 2.05) is 19.1 Å². The van der Waals surface area contributed by atoms with Crippen LogP contribution in [0.1, 0.15) is 24.6 Å². The van der Waals surface area contributed by atoms with Gasteiger partial charge in [0, 0.05) is 42.1 Å². The molecule has 1 aliphatic heterocycles. The summed E-state index contributed by atoms with van der Waals surface area (Å²) < 4.78 is 15.9. The number of aryl methyl sites for hydroxylation is 1. The zero-order valence-electron chi connectivity index (χ0n) is 14.9. The molecule has 2 fully saturated rings. The zero-order chi connectivity index (χ0) is 18.5. The quantitative estimate of drug-likeness (QED) is 0.523. The van der Waals surface area contributed by atoms with Gasteiger partial charge in [0.15, 0.2) is 5.65 Å². The highest BCUT2D eigenvalue weighted by Gasteiger charge is 2.41. The summed E-state index contributed by atoms with van der Waals surface area (Å²) in [6.45, 7) is 2.86. The smallest absolute Gasteiger partial charge is 0.213 e. The Kier molecular flexibility index (Phi) is 4.11. The van der Waals surface area contributed by atoms with Gasteiger partial charge in [0.2, 0.25) is 5.95 Å². The van der Waals surface area contributed by atoms with Crippen molar-refractivity contribution in [3.63, 3.8) is 0 Å². The first-order chi connectivity index (χ1) is 13.1. The van der Waals surface area contributed by atoms with Gasteiger partial charge in [-0.05, 0) is 43.9 Å². The molecule has 0 aromatic carbocycles. The number of hydrazine groups is 1. The van der Waals surface area contributed by atoms with Crippen molar-refractivity contribution < 1.29 is 4.39 Å². The van der Waals surface area contributed by atoms with Gasteiger partial charge in [-0.25, -0.2) is 15.0 Å². The number of hydrogen-bond acceptors (Lipinski definition) is 5. The Labute approximate surface area is 161 Å². The summed E-state index contributed by atoms with van der Waals surface area (Å²) in [6, 6.07) is 7.55. The van der Waals surface area contributed by atoms with Crippen molar-refractivity contribution in [1.29, 1.82) is 0 Å². The molecule has 4 unspecified atom stereocenters. The molecule has 2 aliphatic rings. The number of imidazole rings is 1. The maximum Gasteiger partial charge on any atom is 0.213 e. The molecule has 0 radical (unpaired) electrons. The van der Waals surface area contributed by atoms with Gasteiger partial charge in [0.1, 0.15) is 11.3 Å². The maximum atomic E-state index is 13.8. The molecule has 0 spiro atoms. The lowest BCUT2D eigenvalue weighted by Crippen LogP contribution is -2.44. The average Bonchev–Trinajstić information content (AvgIpc) is 3.26. The maximum absolute atomic E-state index is 13.8. The van der Waals surface area contributed by atoms with Crippen LogP contribution in [0.3, 0.4) is 0 Å². The zero-order valence-corrected chi connectivity index (χ0v) is 15.6. The second-order valence-corrected chi connectivity index (χ2v) is 7.98. The first-order valence-corrected chi connectivity index (χ1v) is 9.64. The van der Waals surface area contributed by atoms with Gasteiger partial charge in [-0.3, -0.25) is 10.9 Å². The summed E-state index contributed by atoms with van der Waals surface area (Å²) in [5.41, 5.74) is 9.79. The molecule has 0 amide bonds. The molecule has 140 valence electrons.